The van der Waals surface area contributed by atoms with E-state index in [2.05, 4.69) is 48.3 Å². The maximum atomic E-state index is 4.18. The van der Waals surface area contributed by atoms with E-state index in [1.54, 1.807) is 0 Å². The predicted octanol–water partition coefficient (Wildman–Crippen LogP) is 1.76. The zero-order valence-corrected chi connectivity index (χ0v) is 12.9. The number of hydrogen-bond acceptors (Lipinski definition) is 4. The monoisotopic (exact) mass is 267 g/mol. The lowest BCUT2D eigenvalue weighted by atomic mass is 10.1. The molecule has 19 heavy (non-hydrogen) atoms. The minimum atomic E-state index is 0.759. The van der Waals surface area contributed by atoms with Crippen LogP contribution in [0.4, 0.5) is 0 Å². The van der Waals surface area contributed by atoms with Crippen LogP contribution in [0.2, 0.25) is 0 Å². The number of rotatable bonds is 10. The normalized spacial score (nSPS) is 13.1. The van der Waals surface area contributed by atoms with Gasteiger partial charge in [0.05, 0.1) is 12.2 Å². The molecule has 0 radical (unpaired) electrons. The quantitative estimate of drug-likeness (QED) is 0.656. The van der Waals surface area contributed by atoms with Crippen molar-refractivity contribution in [3.8, 4) is 0 Å². The van der Waals surface area contributed by atoms with Crippen molar-refractivity contribution in [3.63, 3.8) is 0 Å². The summed E-state index contributed by atoms with van der Waals surface area (Å²) < 4.78 is 1.94. The zero-order valence-electron chi connectivity index (χ0n) is 12.9. The van der Waals surface area contributed by atoms with E-state index in [0.717, 1.165) is 50.8 Å². The number of nitrogens with one attached hydrogen (secondary N) is 1. The molecule has 0 amide bonds. The van der Waals surface area contributed by atoms with E-state index < -0.39 is 0 Å². The first-order valence-corrected chi connectivity index (χ1v) is 7.44. The van der Waals surface area contributed by atoms with E-state index in [9.17, 15) is 0 Å². The van der Waals surface area contributed by atoms with Gasteiger partial charge in [-0.3, -0.25) is 4.68 Å². The van der Waals surface area contributed by atoms with Crippen LogP contribution in [0.5, 0.6) is 0 Å². The van der Waals surface area contributed by atoms with Gasteiger partial charge >= 0.3 is 0 Å². The van der Waals surface area contributed by atoms with Gasteiger partial charge in [-0.2, -0.15) is 0 Å². The van der Waals surface area contributed by atoms with Gasteiger partial charge in [0, 0.05) is 25.8 Å². The molecule has 1 aromatic heterocycles. The molecule has 0 aromatic carbocycles. The fraction of sp³-hybridized carbons (Fsp3) is 0.857. The Morgan fingerprint density at radius 2 is 2.21 bits per heavy atom. The van der Waals surface area contributed by atoms with Crippen LogP contribution in [0.3, 0.4) is 0 Å². The molecule has 0 aliphatic heterocycles. The third kappa shape index (κ3) is 6.68. The predicted molar refractivity (Wildman–Crippen MR) is 79.0 cm³/mol. The second-order valence-corrected chi connectivity index (χ2v) is 5.43. The topological polar surface area (TPSA) is 46.0 Å². The lowest BCUT2D eigenvalue weighted by molar-refractivity contribution is 0.267. The summed E-state index contributed by atoms with van der Waals surface area (Å²) in [7, 11) is 2.17. The van der Waals surface area contributed by atoms with Gasteiger partial charge in [-0.05, 0) is 25.9 Å². The van der Waals surface area contributed by atoms with Crippen LogP contribution in [-0.4, -0.2) is 46.6 Å². The molecular weight excluding hydrogens is 238 g/mol. The Bertz CT molecular complexity index is 336. The van der Waals surface area contributed by atoms with Gasteiger partial charge in [-0.1, -0.05) is 32.4 Å². The van der Waals surface area contributed by atoms with Crippen molar-refractivity contribution < 1.29 is 0 Å². The number of hydrogen-bond donors (Lipinski definition) is 1. The Hall–Kier alpha value is -0.940. The van der Waals surface area contributed by atoms with Crippen molar-refractivity contribution in [2.45, 2.75) is 46.7 Å². The van der Waals surface area contributed by atoms with E-state index in [1.807, 2.05) is 10.9 Å². The van der Waals surface area contributed by atoms with Crippen molar-refractivity contribution in [2.75, 3.05) is 26.7 Å². The fourth-order valence-electron chi connectivity index (χ4n) is 1.95. The summed E-state index contributed by atoms with van der Waals surface area (Å²) in [5.74, 6) is 0.759. The summed E-state index contributed by atoms with van der Waals surface area (Å²) in [5.41, 5.74) is 1.03. The lowest BCUT2D eigenvalue weighted by Gasteiger charge is -2.19. The van der Waals surface area contributed by atoms with Crippen molar-refractivity contribution in [1.82, 2.24) is 25.2 Å². The molecule has 0 saturated heterocycles. The molecule has 1 aromatic rings. The second-order valence-electron chi connectivity index (χ2n) is 5.43. The average molecular weight is 267 g/mol. The van der Waals surface area contributed by atoms with Gasteiger partial charge in [0.1, 0.15) is 0 Å². The molecule has 1 unspecified atom stereocenters. The molecule has 1 heterocycles. The minimum Gasteiger partial charge on any atom is -0.311 e. The van der Waals surface area contributed by atoms with Crippen LogP contribution >= 0.6 is 0 Å². The van der Waals surface area contributed by atoms with Gasteiger partial charge in [0.25, 0.3) is 0 Å². The smallest absolute Gasteiger partial charge is 0.0964 e. The number of likely N-dealkylation sites (N-methyl/N-ethyl adjacent to an activating group) is 1. The molecule has 0 spiro atoms. The third-order valence-electron chi connectivity index (χ3n) is 3.35. The minimum absolute atomic E-state index is 0.759. The fourth-order valence-corrected chi connectivity index (χ4v) is 1.95. The first kappa shape index (κ1) is 16.1. The second kappa shape index (κ2) is 9.04. The molecule has 1 rings (SSSR count). The van der Waals surface area contributed by atoms with E-state index >= 15 is 0 Å². The Morgan fingerprint density at radius 3 is 2.89 bits per heavy atom. The highest BCUT2D eigenvalue weighted by Gasteiger charge is 2.05. The Labute approximate surface area is 117 Å². The van der Waals surface area contributed by atoms with E-state index in [4.69, 9.17) is 0 Å². The van der Waals surface area contributed by atoms with Crippen molar-refractivity contribution in [1.29, 1.82) is 0 Å². The van der Waals surface area contributed by atoms with Crippen LogP contribution < -0.4 is 5.32 Å². The highest BCUT2D eigenvalue weighted by molar-refractivity contribution is 4.91. The van der Waals surface area contributed by atoms with Crippen molar-refractivity contribution >= 4 is 0 Å². The van der Waals surface area contributed by atoms with Crippen molar-refractivity contribution in [3.05, 3.63) is 11.9 Å². The van der Waals surface area contributed by atoms with Crippen LogP contribution in [0.25, 0.3) is 0 Å². The molecule has 5 nitrogen and oxygen atoms in total. The summed E-state index contributed by atoms with van der Waals surface area (Å²) in [6.07, 6.45) is 4.43. The third-order valence-corrected chi connectivity index (χ3v) is 3.35. The standard InChI is InChI=1S/C14H29N5/c1-5-7-15-10-14-12-19(17-16-14)9-8-18(4)11-13(3)6-2/h12-13,15H,5-11H2,1-4H3. The van der Waals surface area contributed by atoms with Crippen LogP contribution in [0, 0.1) is 5.92 Å². The Kier molecular flexibility index (Phi) is 7.67. The number of aromatic nitrogens is 3. The summed E-state index contributed by atoms with van der Waals surface area (Å²) in [4.78, 5) is 2.37. The summed E-state index contributed by atoms with van der Waals surface area (Å²) >= 11 is 0. The molecule has 0 aliphatic rings. The van der Waals surface area contributed by atoms with Gasteiger partial charge in [-0.15, -0.1) is 5.10 Å². The van der Waals surface area contributed by atoms with Gasteiger partial charge in [0.2, 0.25) is 0 Å². The van der Waals surface area contributed by atoms with Crippen LogP contribution in [-0.2, 0) is 13.1 Å². The first-order chi connectivity index (χ1) is 9.15. The molecule has 5 heteroatoms. The van der Waals surface area contributed by atoms with Gasteiger partial charge in [-0.25, -0.2) is 0 Å². The highest BCUT2D eigenvalue weighted by Crippen LogP contribution is 2.02. The lowest BCUT2D eigenvalue weighted by Crippen LogP contribution is -2.28. The molecule has 0 bridgehead atoms. The van der Waals surface area contributed by atoms with E-state index in [1.165, 1.54) is 6.42 Å². The molecular formula is C14H29N5. The number of nitrogens with zero attached hydrogens (tertiary/aromatic N) is 4. The molecule has 1 atom stereocenters. The molecule has 0 fully saturated rings. The zero-order chi connectivity index (χ0) is 14.1. The van der Waals surface area contributed by atoms with Gasteiger partial charge in [0.15, 0.2) is 0 Å². The van der Waals surface area contributed by atoms with E-state index in [-0.39, 0.29) is 0 Å². The SMILES string of the molecule is CCCNCc1cn(CCN(C)CC(C)CC)nn1. The van der Waals surface area contributed by atoms with E-state index in [0.29, 0.717) is 0 Å². The van der Waals surface area contributed by atoms with Crippen molar-refractivity contribution in [2.24, 2.45) is 5.92 Å². The summed E-state index contributed by atoms with van der Waals surface area (Å²) in [5, 5.41) is 11.7. The average Bonchev–Trinajstić information content (AvgIpc) is 2.84. The Morgan fingerprint density at radius 1 is 1.42 bits per heavy atom. The first-order valence-electron chi connectivity index (χ1n) is 7.44. The summed E-state index contributed by atoms with van der Waals surface area (Å²) in [6, 6.07) is 0. The Balaban J connectivity index is 2.25. The maximum absolute atomic E-state index is 4.18. The van der Waals surface area contributed by atoms with Gasteiger partial charge < -0.3 is 10.2 Å². The van der Waals surface area contributed by atoms with Crippen LogP contribution in [0.15, 0.2) is 6.20 Å². The largest absolute Gasteiger partial charge is 0.311 e. The molecule has 0 saturated carbocycles. The highest BCUT2D eigenvalue weighted by atomic mass is 15.4. The molecule has 110 valence electrons. The summed E-state index contributed by atoms with van der Waals surface area (Å²) in [6.45, 7) is 11.6. The van der Waals surface area contributed by atoms with Crippen LogP contribution in [0.1, 0.15) is 39.3 Å². The maximum Gasteiger partial charge on any atom is 0.0964 e. The molecule has 0 aliphatic carbocycles. The molecule has 1 N–H and O–H groups in total.